The molecule has 1 amide bonds. The molecule has 0 N–H and O–H groups in total. The molecule has 1 aliphatic heterocycles. The van der Waals surface area contributed by atoms with E-state index in [1.54, 1.807) is 9.58 Å². The SMILES string of the molecule is CC(C)N1CC(C(c2ccccc2)c2ccccc2)n2ncc(=O)c(OC(=O)C3CCCCC3)c2C1=O. The summed E-state index contributed by atoms with van der Waals surface area (Å²) in [6, 6.07) is 19.8. The molecule has 1 aromatic heterocycles. The van der Waals surface area contributed by atoms with Crippen LogP contribution < -0.4 is 10.2 Å². The highest BCUT2D eigenvalue weighted by atomic mass is 16.5. The molecule has 1 atom stereocenters. The Labute approximate surface area is 217 Å². The largest absolute Gasteiger partial charge is 0.420 e. The molecule has 2 aliphatic rings. The summed E-state index contributed by atoms with van der Waals surface area (Å²) in [6.07, 6.45) is 5.68. The van der Waals surface area contributed by atoms with Gasteiger partial charge in [0.2, 0.25) is 11.2 Å². The monoisotopic (exact) mass is 499 g/mol. The van der Waals surface area contributed by atoms with Crippen LogP contribution in [0.3, 0.4) is 0 Å². The number of carbonyl (C=O) groups excluding carboxylic acids is 2. The van der Waals surface area contributed by atoms with Crippen LogP contribution in [0, 0.1) is 5.92 Å². The third-order valence-corrected chi connectivity index (χ3v) is 7.60. The summed E-state index contributed by atoms with van der Waals surface area (Å²) in [7, 11) is 0. The molecule has 1 saturated carbocycles. The van der Waals surface area contributed by atoms with E-state index in [0.717, 1.165) is 43.2 Å². The molecular formula is C30H33N3O4. The van der Waals surface area contributed by atoms with Gasteiger partial charge in [-0.15, -0.1) is 0 Å². The number of benzene rings is 2. The van der Waals surface area contributed by atoms with Gasteiger partial charge in [-0.3, -0.25) is 19.1 Å². The van der Waals surface area contributed by atoms with E-state index >= 15 is 0 Å². The van der Waals surface area contributed by atoms with Crippen LogP contribution in [0.5, 0.6) is 5.75 Å². The molecule has 0 bridgehead atoms. The lowest BCUT2D eigenvalue weighted by Crippen LogP contribution is -2.50. The molecule has 192 valence electrons. The minimum Gasteiger partial charge on any atom is -0.420 e. The van der Waals surface area contributed by atoms with E-state index in [2.05, 4.69) is 29.4 Å². The molecule has 2 heterocycles. The van der Waals surface area contributed by atoms with E-state index in [1.165, 1.54) is 6.20 Å². The van der Waals surface area contributed by atoms with Gasteiger partial charge in [-0.2, -0.15) is 5.10 Å². The number of aromatic nitrogens is 2. The summed E-state index contributed by atoms with van der Waals surface area (Å²) < 4.78 is 7.38. The fourth-order valence-corrected chi connectivity index (χ4v) is 5.67. The molecular weight excluding hydrogens is 466 g/mol. The third kappa shape index (κ3) is 4.95. The fourth-order valence-electron chi connectivity index (χ4n) is 5.67. The van der Waals surface area contributed by atoms with E-state index in [1.807, 2.05) is 50.2 Å². The second kappa shape index (κ2) is 10.7. The van der Waals surface area contributed by atoms with Crippen LogP contribution in [0.1, 0.15) is 79.5 Å². The Morgan fingerprint density at radius 1 is 0.919 bits per heavy atom. The standard InChI is InChI=1S/C30H33N3O4/c1-20(2)32-19-24(26(21-12-6-3-7-13-21)22-14-8-4-9-15-22)33-27(29(32)35)28(25(34)18-31-33)37-30(36)23-16-10-5-11-17-23/h3-4,6-9,12-15,18,20,23-24,26H,5,10-11,16-17,19H2,1-2H3. The van der Waals surface area contributed by atoms with Crippen LogP contribution in [-0.4, -0.2) is 39.1 Å². The maximum Gasteiger partial charge on any atom is 0.314 e. The predicted octanol–water partition coefficient (Wildman–Crippen LogP) is 4.97. The van der Waals surface area contributed by atoms with Crippen LogP contribution in [-0.2, 0) is 4.79 Å². The maximum atomic E-state index is 13.8. The molecule has 0 saturated heterocycles. The summed E-state index contributed by atoms with van der Waals surface area (Å²) in [5.41, 5.74) is 1.65. The zero-order valence-electron chi connectivity index (χ0n) is 21.4. The van der Waals surface area contributed by atoms with Crippen molar-refractivity contribution >= 4 is 11.9 Å². The minimum atomic E-state index is -0.552. The van der Waals surface area contributed by atoms with Crippen molar-refractivity contribution in [3.8, 4) is 5.75 Å². The van der Waals surface area contributed by atoms with Gasteiger partial charge in [0.15, 0.2) is 5.69 Å². The Kier molecular flexibility index (Phi) is 7.22. The highest BCUT2D eigenvalue weighted by molar-refractivity contribution is 5.97. The summed E-state index contributed by atoms with van der Waals surface area (Å²) in [4.78, 5) is 41.6. The molecule has 1 aliphatic carbocycles. The average Bonchev–Trinajstić information content (AvgIpc) is 2.93. The van der Waals surface area contributed by atoms with Gasteiger partial charge in [-0.05, 0) is 37.8 Å². The first-order valence-electron chi connectivity index (χ1n) is 13.2. The lowest BCUT2D eigenvalue weighted by molar-refractivity contribution is -0.140. The second-order valence-corrected chi connectivity index (χ2v) is 10.3. The number of rotatable bonds is 6. The van der Waals surface area contributed by atoms with Crippen molar-refractivity contribution in [2.24, 2.45) is 5.92 Å². The predicted molar refractivity (Wildman–Crippen MR) is 141 cm³/mol. The van der Waals surface area contributed by atoms with E-state index < -0.39 is 11.4 Å². The molecule has 0 spiro atoms. The summed E-state index contributed by atoms with van der Waals surface area (Å²) >= 11 is 0. The van der Waals surface area contributed by atoms with Gasteiger partial charge < -0.3 is 9.64 Å². The van der Waals surface area contributed by atoms with E-state index in [-0.39, 0.29) is 41.3 Å². The van der Waals surface area contributed by atoms with Crippen LogP contribution in [0.25, 0.3) is 0 Å². The first kappa shape index (κ1) is 24.9. The number of fused-ring (bicyclic) bond motifs is 1. The van der Waals surface area contributed by atoms with Crippen LogP contribution >= 0.6 is 0 Å². The highest BCUT2D eigenvalue weighted by Gasteiger charge is 2.41. The summed E-state index contributed by atoms with van der Waals surface area (Å²) in [5, 5.41) is 4.46. The average molecular weight is 500 g/mol. The molecule has 0 radical (unpaired) electrons. The maximum absolute atomic E-state index is 13.8. The van der Waals surface area contributed by atoms with Gasteiger partial charge in [0.05, 0.1) is 18.2 Å². The van der Waals surface area contributed by atoms with E-state index in [4.69, 9.17) is 4.74 Å². The Morgan fingerprint density at radius 3 is 2.08 bits per heavy atom. The van der Waals surface area contributed by atoms with E-state index in [9.17, 15) is 14.4 Å². The van der Waals surface area contributed by atoms with Crippen molar-refractivity contribution < 1.29 is 14.3 Å². The van der Waals surface area contributed by atoms with E-state index in [0.29, 0.717) is 6.54 Å². The van der Waals surface area contributed by atoms with Crippen molar-refractivity contribution in [3.63, 3.8) is 0 Å². The molecule has 1 fully saturated rings. The number of hydrogen-bond acceptors (Lipinski definition) is 5. The first-order chi connectivity index (χ1) is 18.0. The van der Waals surface area contributed by atoms with Gasteiger partial charge in [0.25, 0.3) is 5.91 Å². The Balaban J connectivity index is 1.65. The van der Waals surface area contributed by atoms with Gasteiger partial charge in [0.1, 0.15) is 0 Å². The lowest BCUT2D eigenvalue weighted by atomic mass is 9.83. The fraction of sp³-hybridized carbons (Fsp3) is 0.400. The highest BCUT2D eigenvalue weighted by Crippen LogP contribution is 2.40. The summed E-state index contributed by atoms with van der Waals surface area (Å²) in [5.74, 6) is -1.38. The Hall–Kier alpha value is -3.74. The number of amides is 1. The molecule has 7 heteroatoms. The quantitative estimate of drug-likeness (QED) is 0.448. The second-order valence-electron chi connectivity index (χ2n) is 10.3. The Bertz CT molecular complexity index is 1270. The third-order valence-electron chi connectivity index (χ3n) is 7.60. The smallest absolute Gasteiger partial charge is 0.314 e. The normalized spacial score (nSPS) is 18.2. The van der Waals surface area contributed by atoms with Crippen molar-refractivity contribution in [3.05, 3.63) is 93.9 Å². The molecule has 1 unspecified atom stereocenters. The van der Waals surface area contributed by atoms with Crippen molar-refractivity contribution in [2.75, 3.05) is 6.54 Å². The minimum absolute atomic E-state index is 0.0541. The first-order valence-corrected chi connectivity index (χ1v) is 13.2. The topological polar surface area (TPSA) is 81.5 Å². The number of nitrogens with zero attached hydrogens (tertiary/aromatic N) is 3. The molecule has 5 rings (SSSR count). The van der Waals surface area contributed by atoms with Crippen molar-refractivity contribution in [1.82, 2.24) is 14.7 Å². The summed E-state index contributed by atoms with van der Waals surface area (Å²) in [6.45, 7) is 4.31. The number of carbonyl (C=O) groups is 2. The number of esters is 1. The molecule has 37 heavy (non-hydrogen) atoms. The van der Waals surface area contributed by atoms with Gasteiger partial charge in [-0.25, -0.2) is 0 Å². The molecule has 7 nitrogen and oxygen atoms in total. The molecule has 2 aromatic carbocycles. The lowest BCUT2D eigenvalue weighted by Gasteiger charge is -2.41. The number of ether oxygens (including phenoxy) is 1. The zero-order chi connectivity index (χ0) is 25.9. The van der Waals surface area contributed by atoms with Gasteiger partial charge >= 0.3 is 5.97 Å². The van der Waals surface area contributed by atoms with Crippen LogP contribution in [0.2, 0.25) is 0 Å². The number of hydrogen-bond donors (Lipinski definition) is 0. The van der Waals surface area contributed by atoms with Crippen molar-refractivity contribution in [2.45, 2.75) is 64.0 Å². The van der Waals surface area contributed by atoms with Crippen LogP contribution in [0.4, 0.5) is 0 Å². The molecule has 3 aromatic rings. The van der Waals surface area contributed by atoms with Gasteiger partial charge in [-0.1, -0.05) is 79.9 Å². The van der Waals surface area contributed by atoms with Gasteiger partial charge in [0, 0.05) is 18.5 Å². The van der Waals surface area contributed by atoms with Crippen LogP contribution in [0.15, 0.2) is 71.7 Å². The zero-order valence-corrected chi connectivity index (χ0v) is 21.4. The Morgan fingerprint density at radius 2 is 1.51 bits per heavy atom. The van der Waals surface area contributed by atoms with Crippen molar-refractivity contribution in [1.29, 1.82) is 0 Å².